The summed E-state index contributed by atoms with van der Waals surface area (Å²) in [6, 6.07) is 8.70. The van der Waals surface area contributed by atoms with Crippen molar-refractivity contribution < 1.29 is 4.74 Å². The Balaban J connectivity index is 1.72. The average Bonchev–Trinajstić information content (AvgIpc) is 3.04. The van der Waals surface area contributed by atoms with Crippen LogP contribution in [0.25, 0.3) is 0 Å². The number of nitrogens with zero attached hydrogens (tertiary/aromatic N) is 4. The Labute approximate surface area is 150 Å². The Bertz CT molecular complexity index is 678. The summed E-state index contributed by atoms with van der Waals surface area (Å²) in [7, 11) is 3.90. The fraction of sp³-hybridized carbons (Fsp3) is 0.579. The lowest BCUT2D eigenvalue weighted by Gasteiger charge is -2.31. The van der Waals surface area contributed by atoms with E-state index in [4.69, 9.17) is 14.8 Å². The van der Waals surface area contributed by atoms with E-state index in [1.54, 1.807) is 7.11 Å². The van der Waals surface area contributed by atoms with E-state index >= 15 is 0 Å². The summed E-state index contributed by atoms with van der Waals surface area (Å²) >= 11 is 0. The Morgan fingerprint density at radius 3 is 2.76 bits per heavy atom. The van der Waals surface area contributed by atoms with E-state index in [2.05, 4.69) is 30.3 Å². The summed E-state index contributed by atoms with van der Waals surface area (Å²) in [4.78, 5) is 7.25. The number of aryl methyl sites for hydroxylation is 1. The number of nitrogens with one attached hydrogen (secondary N) is 1. The molecule has 3 rings (SSSR count). The number of aromatic nitrogens is 3. The zero-order valence-electron chi connectivity index (χ0n) is 15.5. The maximum Gasteiger partial charge on any atom is 0.155 e. The molecule has 6 nitrogen and oxygen atoms in total. The first-order valence-corrected chi connectivity index (χ1v) is 9.16. The molecule has 1 aromatic carbocycles. The molecule has 1 N–H and O–H groups in total. The highest BCUT2D eigenvalue weighted by atomic mass is 16.5. The second kappa shape index (κ2) is 8.45. The first kappa shape index (κ1) is 17.9. The molecule has 25 heavy (non-hydrogen) atoms. The van der Waals surface area contributed by atoms with Crippen molar-refractivity contribution in [1.82, 2.24) is 25.0 Å². The first-order chi connectivity index (χ1) is 12.2. The third-order valence-electron chi connectivity index (χ3n) is 4.96. The van der Waals surface area contributed by atoms with Crippen molar-refractivity contribution in [2.24, 2.45) is 0 Å². The maximum absolute atomic E-state index is 5.45. The van der Waals surface area contributed by atoms with Crippen LogP contribution >= 0.6 is 0 Å². The zero-order valence-corrected chi connectivity index (χ0v) is 15.5. The van der Waals surface area contributed by atoms with Crippen molar-refractivity contribution in [3.05, 3.63) is 41.5 Å². The van der Waals surface area contributed by atoms with Gasteiger partial charge in [-0.2, -0.15) is 5.10 Å². The van der Waals surface area contributed by atoms with Crippen LogP contribution < -0.4 is 10.1 Å². The van der Waals surface area contributed by atoms with E-state index in [-0.39, 0.29) is 0 Å². The van der Waals surface area contributed by atoms with Gasteiger partial charge in [0.05, 0.1) is 13.7 Å². The van der Waals surface area contributed by atoms with Crippen molar-refractivity contribution in [3.63, 3.8) is 0 Å². The highest BCUT2D eigenvalue weighted by molar-refractivity contribution is 5.35. The van der Waals surface area contributed by atoms with Gasteiger partial charge in [0.25, 0.3) is 0 Å². The van der Waals surface area contributed by atoms with Crippen molar-refractivity contribution in [2.75, 3.05) is 27.2 Å². The second-order valence-corrected chi connectivity index (χ2v) is 6.64. The standard InChI is InChI=1S/C19H29N5O/c1-4-24-19(14-23(2)16-9-11-20-12-10-16)21-18(22-24)13-15-7-5-6-8-17(15)25-3/h5-8,16,20H,4,9-14H2,1-3H3. The first-order valence-electron chi connectivity index (χ1n) is 9.16. The number of rotatable bonds is 7. The Morgan fingerprint density at radius 2 is 2.04 bits per heavy atom. The molecule has 6 heteroatoms. The molecule has 1 aliphatic rings. The largest absolute Gasteiger partial charge is 0.496 e. The molecule has 0 saturated carbocycles. The van der Waals surface area contributed by atoms with Crippen LogP contribution in [-0.2, 0) is 19.5 Å². The third kappa shape index (κ3) is 4.38. The van der Waals surface area contributed by atoms with Gasteiger partial charge in [0.15, 0.2) is 5.82 Å². The SMILES string of the molecule is CCn1nc(Cc2ccccc2OC)nc1CN(C)C1CCNCC1. The summed E-state index contributed by atoms with van der Waals surface area (Å²) in [5.41, 5.74) is 1.12. The monoisotopic (exact) mass is 343 g/mol. The number of hydrogen-bond donors (Lipinski definition) is 1. The highest BCUT2D eigenvalue weighted by Crippen LogP contribution is 2.20. The molecule has 1 saturated heterocycles. The van der Waals surface area contributed by atoms with Gasteiger partial charge in [-0.1, -0.05) is 18.2 Å². The molecular formula is C19H29N5O. The van der Waals surface area contributed by atoms with Crippen LogP contribution in [0.4, 0.5) is 0 Å². The van der Waals surface area contributed by atoms with Gasteiger partial charge >= 0.3 is 0 Å². The van der Waals surface area contributed by atoms with Gasteiger partial charge in [-0.3, -0.25) is 4.90 Å². The number of benzene rings is 1. The quantitative estimate of drug-likeness (QED) is 0.834. The van der Waals surface area contributed by atoms with Crippen LogP contribution in [0, 0.1) is 0 Å². The van der Waals surface area contributed by atoms with Gasteiger partial charge in [0, 0.05) is 24.6 Å². The van der Waals surface area contributed by atoms with Gasteiger partial charge in [0.2, 0.25) is 0 Å². The summed E-state index contributed by atoms with van der Waals surface area (Å²) < 4.78 is 7.48. The molecule has 1 aromatic heterocycles. The molecule has 0 radical (unpaired) electrons. The molecule has 1 aliphatic heterocycles. The highest BCUT2D eigenvalue weighted by Gasteiger charge is 2.20. The number of piperidine rings is 1. The predicted octanol–water partition coefficient (Wildman–Crippen LogP) is 2.08. The van der Waals surface area contributed by atoms with Crippen LogP contribution in [-0.4, -0.2) is 53.0 Å². The number of para-hydroxylation sites is 1. The molecule has 2 heterocycles. The van der Waals surface area contributed by atoms with Gasteiger partial charge in [-0.25, -0.2) is 9.67 Å². The minimum atomic E-state index is 0.626. The number of methoxy groups -OCH3 is 1. The van der Waals surface area contributed by atoms with Crippen LogP contribution in [0.3, 0.4) is 0 Å². The van der Waals surface area contributed by atoms with Crippen molar-refractivity contribution in [1.29, 1.82) is 0 Å². The zero-order chi connectivity index (χ0) is 17.6. The number of hydrogen-bond acceptors (Lipinski definition) is 5. The van der Waals surface area contributed by atoms with E-state index in [1.807, 2.05) is 22.9 Å². The summed E-state index contributed by atoms with van der Waals surface area (Å²) in [6.45, 7) is 6.02. The second-order valence-electron chi connectivity index (χ2n) is 6.64. The topological polar surface area (TPSA) is 55.2 Å². The van der Waals surface area contributed by atoms with E-state index < -0.39 is 0 Å². The summed E-state index contributed by atoms with van der Waals surface area (Å²) in [6.07, 6.45) is 3.09. The molecule has 0 bridgehead atoms. The average molecular weight is 343 g/mol. The van der Waals surface area contributed by atoms with Crippen LogP contribution in [0.5, 0.6) is 5.75 Å². The lowest BCUT2D eigenvalue weighted by atomic mass is 10.1. The molecule has 0 unspecified atom stereocenters. The fourth-order valence-electron chi connectivity index (χ4n) is 3.49. The van der Waals surface area contributed by atoms with Crippen LogP contribution in [0.15, 0.2) is 24.3 Å². The Morgan fingerprint density at radius 1 is 1.28 bits per heavy atom. The van der Waals surface area contributed by atoms with E-state index in [0.717, 1.165) is 49.1 Å². The van der Waals surface area contributed by atoms with Crippen molar-refractivity contribution >= 4 is 0 Å². The number of ether oxygens (including phenoxy) is 1. The molecule has 136 valence electrons. The predicted molar refractivity (Wildman–Crippen MR) is 98.9 cm³/mol. The molecular weight excluding hydrogens is 314 g/mol. The molecule has 0 spiro atoms. The molecule has 1 fully saturated rings. The van der Waals surface area contributed by atoms with Gasteiger partial charge < -0.3 is 10.1 Å². The molecule has 0 atom stereocenters. The van der Waals surface area contributed by atoms with Crippen molar-refractivity contribution in [3.8, 4) is 5.75 Å². The van der Waals surface area contributed by atoms with Gasteiger partial charge in [-0.05, 0) is 46.0 Å². The van der Waals surface area contributed by atoms with E-state index in [1.165, 1.54) is 12.8 Å². The van der Waals surface area contributed by atoms with E-state index in [9.17, 15) is 0 Å². The van der Waals surface area contributed by atoms with Crippen molar-refractivity contribution in [2.45, 2.75) is 45.3 Å². The molecule has 2 aromatic rings. The van der Waals surface area contributed by atoms with Crippen LogP contribution in [0.1, 0.15) is 37.0 Å². The maximum atomic E-state index is 5.45. The van der Waals surface area contributed by atoms with Crippen LogP contribution in [0.2, 0.25) is 0 Å². The fourth-order valence-corrected chi connectivity index (χ4v) is 3.49. The molecule has 0 aliphatic carbocycles. The smallest absolute Gasteiger partial charge is 0.155 e. The van der Waals surface area contributed by atoms with Gasteiger partial charge in [0.1, 0.15) is 11.6 Å². The minimum Gasteiger partial charge on any atom is -0.496 e. The lowest BCUT2D eigenvalue weighted by molar-refractivity contribution is 0.185. The summed E-state index contributed by atoms with van der Waals surface area (Å²) in [5.74, 6) is 2.80. The Kier molecular flexibility index (Phi) is 6.04. The lowest BCUT2D eigenvalue weighted by Crippen LogP contribution is -2.41. The Hall–Kier alpha value is -1.92. The normalized spacial score (nSPS) is 15.7. The van der Waals surface area contributed by atoms with E-state index in [0.29, 0.717) is 12.5 Å². The third-order valence-corrected chi connectivity index (χ3v) is 4.96. The minimum absolute atomic E-state index is 0.626. The van der Waals surface area contributed by atoms with Gasteiger partial charge in [-0.15, -0.1) is 0 Å². The summed E-state index contributed by atoms with van der Waals surface area (Å²) in [5, 5.41) is 8.14. The molecule has 0 amide bonds.